The van der Waals surface area contributed by atoms with Crippen LogP contribution in [0.1, 0.15) is 44.1 Å². The van der Waals surface area contributed by atoms with Gasteiger partial charge in [-0.2, -0.15) is 0 Å². The Labute approximate surface area is 155 Å². The van der Waals surface area contributed by atoms with Gasteiger partial charge in [0.25, 0.3) is 0 Å². The Morgan fingerprint density at radius 3 is 2.35 bits per heavy atom. The molecule has 0 aromatic heterocycles. The first-order valence-corrected chi connectivity index (χ1v) is 9.48. The summed E-state index contributed by atoms with van der Waals surface area (Å²) in [6, 6.07) is 10.6. The Morgan fingerprint density at radius 1 is 1.08 bits per heavy atom. The van der Waals surface area contributed by atoms with E-state index in [2.05, 4.69) is 39.9 Å². The molecule has 1 heterocycles. The van der Waals surface area contributed by atoms with Crippen molar-refractivity contribution in [3.8, 4) is 0 Å². The Balaban J connectivity index is 1.49. The van der Waals surface area contributed by atoms with E-state index in [0.29, 0.717) is 38.3 Å². The van der Waals surface area contributed by atoms with Crippen LogP contribution in [0.3, 0.4) is 0 Å². The van der Waals surface area contributed by atoms with Crippen LogP contribution in [0.5, 0.6) is 0 Å². The minimum Gasteiger partial charge on any atom is -0.356 e. The summed E-state index contributed by atoms with van der Waals surface area (Å²) in [5, 5.41) is 6.64. The number of carbonyl (C=O) groups is 2. The fourth-order valence-corrected chi connectivity index (χ4v) is 3.77. The molecule has 0 unspecified atom stereocenters. The average molecular weight is 356 g/mol. The number of hydrogen-bond donors (Lipinski definition) is 2. The molecule has 0 bridgehead atoms. The molecule has 0 atom stereocenters. The Bertz CT molecular complexity index is 652. The predicted molar refractivity (Wildman–Crippen MR) is 102 cm³/mol. The number of aliphatic imine (C=N–C) groups is 1. The van der Waals surface area contributed by atoms with Gasteiger partial charge in [0.2, 0.25) is 11.8 Å². The molecule has 2 fully saturated rings. The van der Waals surface area contributed by atoms with Gasteiger partial charge < -0.3 is 10.6 Å². The number of benzene rings is 1. The highest BCUT2D eigenvalue weighted by Gasteiger charge is 2.38. The molecule has 0 spiro atoms. The second kappa shape index (κ2) is 8.34. The molecule has 140 valence electrons. The van der Waals surface area contributed by atoms with Crippen LogP contribution in [0.25, 0.3) is 0 Å². The number of hydrogen-bond acceptors (Lipinski definition) is 3. The van der Waals surface area contributed by atoms with Gasteiger partial charge in [-0.05, 0) is 24.8 Å². The van der Waals surface area contributed by atoms with Crippen molar-refractivity contribution in [3.63, 3.8) is 0 Å². The molecule has 1 aromatic carbocycles. The zero-order valence-corrected chi connectivity index (χ0v) is 15.5. The van der Waals surface area contributed by atoms with Gasteiger partial charge in [0.1, 0.15) is 0 Å². The SMILES string of the molecule is CN=C(NCCN1C(=O)CCCC1=O)NCC1(c2ccccc2)CCC1. The van der Waals surface area contributed by atoms with Crippen molar-refractivity contribution in [2.75, 3.05) is 26.7 Å². The zero-order chi connectivity index (χ0) is 18.4. The number of nitrogens with zero attached hydrogens (tertiary/aromatic N) is 2. The van der Waals surface area contributed by atoms with Crippen molar-refractivity contribution in [2.45, 2.75) is 43.9 Å². The minimum absolute atomic E-state index is 0.0662. The molecule has 1 aliphatic heterocycles. The van der Waals surface area contributed by atoms with Crippen LogP contribution in [0.4, 0.5) is 0 Å². The summed E-state index contributed by atoms with van der Waals surface area (Å²) in [6.45, 7) is 1.73. The molecule has 0 radical (unpaired) electrons. The van der Waals surface area contributed by atoms with Crippen LogP contribution >= 0.6 is 0 Å². The topological polar surface area (TPSA) is 73.8 Å². The second-order valence-corrected chi connectivity index (χ2v) is 7.15. The summed E-state index contributed by atoms with van der Waals surface area (Å²) in [5.41, 5.74) is 1.55. The molecular weight excluding hydrogens is 328 g/mol. The number of likely N-dealkylation sites (tertiary alicyclic amines) is 1. The van der Waals surface area contributed by atoms with E-state index in [0.717, 1.165) is 6.54 Å². The first kappa shape index (κ1) is 18.4. The van der Waals surface area contributed by atoms with Crippen LogP contribution in [0.2, 0.25) is 0 Å². The molecular formula is C20H28N4O2. The van der Waals surface area contributed by atoms with Crippen molar-refractivity contribution in [1.82, 2.24) is 15.5 Å². The normalized spacial score (nSPS) is 19.9. The molecule has 26 heavy (non-hydrogen) atoms. The molecule has 3 rings (SSSR count). The molecule has 6 nitrogen and oxygen atoms in total. The number of imide groups is 1. The summed E-state index contributed by atoms with van der Waals surface area (Å²) in [6.07, 6.45) is 5.22. The molecule has 2 amide bonds. The number of amides is 2. The highest BCUT2D eigenvalue weighted by atomic mass is 16.2. The largest absolute Gasteiger partial charge is 0.356 e. The summed E-state index contributed by atoms with van der Waals surface area (Å²) >= 11 is 0. The molecule has 6 heteroatoms. The van der Waals surface area contributed by atoms with E-state index in [1.54, 1.807) is 7.05 Å². The van der Waals surface area contributed by atoms with Crippen molar-refractivity contribution >= 4 is 17.8 Å². The van der Waals surface area contributed by atoms with E-state index in [1.807, 2.05) is 6.07 Å². The number of guanidine groups is 1. The monoisotopic (exact) mass is 356 g/mol. The molecule has 1 aliphatic carbocycles. The third-order valence-electron chi connectivity index (χ3n) is 5.53. The lowest BCUT2D eigenvalue weighted by atomic mass is 9.64. The quantitative estimate of drug-likeness (QED) is 0.463. The van der Waals surface area contributed by atoms with Crippen LogP contribution in [-0.4, -0.2) is 49.4 Å². The summed E-state index contributed by atoms with van der Waals surface area (Å²) in [4.78, 5) is 29.3. The summed E-state index contributed by atoms with van der Waals surface area (Å²) in [5.74, 6) is 0.580. The van der Waals surface area contributed by atoms with Crippen LogP contribution in [0, 0.1) is 0 Å². The van der Waals surface area contributed by atoms with Gasteiger partial charge >= 0.3 is 0 Å². The average Bonchev–Trinajstić information content (AvgIpc) is 2.62. The lowest BCUT2D eigenvalue weighted by Gasteiger charge is -2.43. The van der Waals surface area contributed by atoms with Crippen LogP contribution < -0.4 is 10.6 Å². The Morgan fingerprint density at radius 2 is 1.77 bits per heavy atom. The van der Waals surface area contributed by atoms with Crippen LogP contribution in [0.15, 0.2) is 35.3 Å². The molecule has 1 saturated heterocycles. The minimum atomic E-state index is -0.0662. The van der Waals surface area contributed by atoms with Crippen molar-refractivity contribution in [1.29, 1.82) is 0 Å². The predicted octanol–water partition coefficient (Wildman–Crippen LogP) is 1.81. The lowest BCUT2D eigenvalue weighted by Crippen LogP contribution is -2.50. The number of rotatable bonds is 6. The van der Waals surface area contributed by atoms with Crippen molar-refractivity contribution in [2.24, 2.45) is 4.99 Å². The third-order valence-corrected chi connectivity index (χ3v) is 5.53. The standard InChI is InChI=1S/C20H28N4O2/c1-21-19(22-13-14-24-17(25)9-5-10-18(24)26)23-15-20(11-6-12-20)16-7-3-2-4-8-16/h2-4,7-8H,5-6,9-15H2,1H3,(H2,21,22,23). The van der Waals surface area contributed by atoms with Gasteiger partial charge in [0.05, 0.1) is 0 Å². The fraction of sp³-hybridized carbons (Fsp3) is 0.550. The van der Waals surface area contributed by atoms with E-state index in [4.69, 9.17) is 0 Å². The maximum atomic E-state index is 11.8. The maximum Gasteiger partial charge on any atom is 0.229 e. The molecule has 1 saturated carbocycles. The molecule has 1 aromatic rings. The maximum absolute atomic E-state index is 11.8. The van der Waals surface area contributed by atoms with E-state index >= 15 is 0 Å². The smallest absolute Gasteiger partial charge is 0.229 e. The number of carbonyl (C=O) groups excluding carboxylic acids is 2. The fourth-order valence-electron chi connectivity index (χ4n) is 3.77. The van der Waals surface area contributed by atoms with Gasteiger partial charge in [-0.25, -0.2) is 0 Å². The van der Waals surface area contributed by atoms with E-state index < -0.39 is 0 Å². The Kier molecular flexibility index (Phi) is 5.91. The van der Waals surface area contributed by atoms with Crippen molar-refractivity contribution in [3.05, 3.63) is 35.9 Å². The van der Waals surface area contributed by atoms with E-state index in [9.17, 15) is 9.59 Å². The lowest BCUT2D eigenvalue weighted by molar-refractivity contribution is -0.147. The van der Waals surface area contributed by atoms with Gasteiger partial charge in [-0.15, -0.1) is 0 Å². The number of piperidine rings is 1. The molecule has 2 aliphatic rings. The van der Waals surface area contributed by atoms with E-state index in [1.165, 1.54) is 29.7 Å². The van der Waals surface area contributed by atoms with Gasteiger partial charge in [-0.3, -0.25) is 19.5 Å². The first-order chi connectivity index (χ1) is 12.6. The summed E-state index contributed by atoms with van der Waals surface area (Å²) < 4.78 is 0. The van der Waals surface area contributed by atoms with Gasteiger partial charge in [-0.1, -0.05) is 36.8 Å². The first-order valence-electron chi connectivity index (χ1n) is 9.48. The van der Waals surface area contributed by atoms with Gasteiger partial charge in [0.15, 0.2) is 5.96 Å². The highest BCUT2D eigenvalue weighted by molar-refractivity contribution is 5.97. The Hall–Kier alpha value is -2.37. The van der Waals surface area contributed by atoms with Gasteiger partial charge in [0, 0.05) is 44.9 Å². The molecule has 2 N–H and O–H groups in total. The number of nitrogens with one attached hydrogen (secondary N) is 2. The highest BCUT2D eigenvalue weighted by Crippen LogP contribution is 2.43. The zero-order valence-electron chi connectivity index (χ0n) is 15.5. The summed E-state index contributed by atoms with van der Waals surface area (Å²) in [7, 11) is 1.74. The van der Waals surface area contributed by atoms with E-state index in [-0.39, 0.29) is 17.2 Å². The third kappa shape index (κ3) is 4.06. The van der Waals surface area contributed by atoms with Crippen LogP contribution in [-0.2, 0) is 15.0 Å². The second-order valence-electron chi connectivity index (χ2n) is 7.15. The van der Waals surface area contributed by atoms with Crippen molar-refractivity contribution < 1.29 is 9.59 Å².